The van der Waals surface area contributed by atoms with E-state index in [1.165, 1.54) is 77.0 Å². The highest BCUT2D eigenvalue weighted by Gasteiger charge is 2.39. The van der Waals surface area contributed by atoms with Gasteiger partial charge in [0.15, 0.2) is 0 Å². The number of benzene rings is 2. The van der Waals surface area contributed by atoms with Gasteiger partial charge in [-0.3, -0.25) is 0 Å². The van der Waals surface area contributed by atoms with Gasteiger partial charge in [0.05, 0.1) is 0 Å². The van der Waals surface area contributed by atoms with Crippen molar-refractivity contribution < 1.29 is 20.4 Å². The van der Waals surface area contributed by atoms with E-state index >= 15 is 0 Å². The van der Waals surface area contributed by atoms with Crippen LogP contribution in [0.5, 0.6) is 23.0 Å². The van der Waals surface area contributed by atoms with E-state index in [0.717, 1.165) is 73.6 Å². The Morgan fingerprint density at radius 1 is 0.442 bits per heavy atom. The van der Waals surface area contributed by atoms with Gasteiger partial charge >= 0.3 is 0 Å². The lowest BCUT2D eigenvalue weighted by Gasteiger charge is -2.40. The maximum Gasteiger partial charge on any atom is 0.123 e. The topological polar surface area (TPSA) is 80.9 Å². The molecule has 0 fully saturated rings. The van der Waals surface area contributed by atoms with Crippen molar-refractivity contribution in [3.05, 3.63) is 46.5 Å². The average molecular weight is 725 g/mol. The maximum atomic E-state index is 12.1. The lowest BCUT2D eigenvalue weighted by Crippen LogP contribution is -2.30. The molecule has 4 heteroatoms. The summed E-state index contributed by atoms with van der Waals surface area (Å²) in [6, 6.07) is 7.06. The molecule has 0 unspecified atom stereocenters. The third kappa shape index (κ3) is 12.6. The summed E-state index contributed by atoms with van der Waals surface area (Å²) in [4.78, 5) is 0. The molecule has 300 valence electrons. The smallest absolute Gasteiger partial charge is 0.123 e. The molecule has 0 bridgehead atoms. The van der Waals surface area contributed by atoms with E-state index in [1.807, 2.05) is 12.1 Å². The third-order valence-corrected chi connectivity index (χ3v) is 12.4. The van der Waals surface area contributed by atoms with Crippen molar-refractivity contribution in [2.75, 3.05) is 0 Å². The summed E-state index contributed by atoms with van der Waals surface area (Å²) < 4.78 is 0. The van der Waals surface area contributed by atoms with Gasteiger partial charge in [-0.25, -0.2) is 0 Å². The van der Waals surface area contributed by atoms with Crippen molar-refractivity contribution in [1.82, 2.24) is 0 Å². The van der Waals surface area contributed by atoms with Crippen molar-refractivity contribution in [1.29, 1.82) is 0 Å². The summed E-state index contributed by atoms with van der Waals surface area (Å²) >= 11 is 0. The zero-order valence-corrected chi connectivity index (χ0v) is 36.2. The van der Waals surface area contributed by atoms with Gasteiger partial charge in [0.2, 0.25) is 0 Å². The SMILES string of the molecule is CCC(C)(CC)c1c(O)ccc(O)c1C(C)(C)C.CCCCC(CCCC)(CCCC)c1cc(O)cc(C(CCCC)(CCCC)CCCC)c1O. The molecule has 0 aliphatic heterocycles. The molecule has 0 atom stereocenters. The molecule has 4 nitrogen and oxygen atoms in total. The summed E-state index contributed by atoms with van der Waals surface area (Å²) in [7, 11) is 0. The molecule has 0 saturated heterocycles. The zero-order valence-electron chi connectivity index (χ0n) is 36.2. The van der Waals surface area contributed by atoms with Crippen LogP contribution >= 0.6 is 0 Å². The molecule has 52 heavy (non-hydrogen) atoms. The molecular weight excluding hydrogens is 641 g/mol. The molecule has 2 aromatic rings. The van der Waals surface area contributed by atoms with Crippen LogP contribution < -0.4 is 0 Å². The van der Waals surface area contributed by atoms with Crippen LogP contribution in [0.1, 0.15) is 234 Å². The summed E-state index contributed by atoms with van der Waals surface area (Å²) in [6.07, 6.45) is 22.5. The van der Waals surface area contributed by atoms with Gasteiger partial charge in [0.25, 0.3) is 0 Å². The summed E-state index contributed by atoms with van der Waals surface area (Å²) in [5, 5.41) is 43.6. The Kier molecular flexibility index (Phi) is 20.9. The molecule has 2 rings (SSSR count). The van der Waals surface area contributed by atoms with Gasteiger partial charge in [-0.05, 0) is 97.3 Å². The third-order valence-electron chi connectivity index (χ3n) is 12.4. The summed E-state index contributed by atoms with van der Waals surface area (Å²) in [5.74, 6) is 1.45. The fraction of sp³-hybridized carbons (Fsp3) is 0.750. The Hall–Kier alpha value is -2.36. The molecule has 0 spiro atoms. The van der Waals surface area contributed by atoms with E-state index in [0.29, 0.717) is 17.2 Å². The van der Waals surface area contributed by atoms with Gasteiger partial charge in [-0.1, -0.05) is 160 Å². The molecule has 0 radical (unpaired) electrons. The predicted molar refractivity (Wildman–Crippen MR) is 227 cm³/mol. The predicted octanol–water partition coefficient (Wildman–Crippen LogP) is 15.2. The van der Waals surface area contributed by atoms with Crippen molar-refractivity contribution in [3.63, 3.8) is 0 Å². The first-order chi connectivity index (χ1) is 24.6. The maximum absolute atomic E-state index is 12.1. The number of unbranched alkanes of at least 4 members (excludes halogenated alkanes) is 6. The second kappa shape index (κ2) is 22.8. The Balaban J connectivity index is 0.000000629. The number of rotatable bonds is 23. The first-order valence-corrected chi connectivity index (χ1v) is 21.7. The van der Waals surface area contributed by atoms with Gasteiger partial charge in [-0.2, -0.15) is 0 Å². The highest BCUT2D eigenvalue weighted by molar-refractivity contribution is 5.55. The Labute approximate surface area is 322 Å². The van der Waals surface area contributed by atoms with Crippen LogP contribution in [0.25, 0.3) is 0 Å². The fourth-order valence-corrected chi connectivity index (χ4v) is 8.63. The summed E-state index contributed by atoms with van der Waals surface area (Å²) in [6.45, 7) is 26.2. The van der Waals surface area contributed by atoms with E-state index < -0.39 is 0 Å². The molecular formula is C48H84O4. The lowest BCUT2D eigenvalue weighted by atomic mass is 9.65. The molecule has 0 amide bonds. The second-order valence-corrected chi connectivity index (χ2v) is 17.4. The zero-order chi connectivity index (χ0) is 39.6. The van der Waals surface area contributed by atoms with Gasteiger partial charge in [0.1, 0.15) is 23.0 Å². The van der Waals surface area contributed by atoms with Crippen LogP contribution in [-0.2, 0) is 21.7 Å². The standard InChI is InChI=1S/C32H58O2.C16H26O2/c1-7-13-19-31(20-14-8-2,21-15-9-3)28-25-27(33)26-29(30(28)34)32(22-16-10-4,23-17-11-5)24-18-12-6;1-7-16(6,8-2)14-12(18)10-9-11(17)13(14)15(3,4)5/h25-26,33-34H,7-24H2,1-6H3;9-10,17-18H,7-8H2,1-6H3. The van der Waals surface area contributed by atoms with E-state index in [4.69, 9.17) is 0 Å². The van der Waals surface area contributed by atoms with Crippen molar-refractivity contribution >= 4 is 0 Å². The van der Waals surface area contributed by atoms with E-state index in [9.17, 15) is 20.4 Å². The lowest BCUT2D eigenvalue weighted by molar-refractivity contribution is 0.277. The minimum atomic E-state index is -0.191. The Morgan fingerprint density at radius 2 is 0.731 bits per heavy atom. The van der Waals surface area contributed by atoms with Crippen LogP contribution in [0.15, 0.2) is 24.3 Å². The molecule has 0 saturated carbocycles. The second-order valence-electron chi connectivity index (χ2n) is 17.4. The van der Waals surface area contributed by atoms with E-state index in [2.05, 4.69) is 83.1 Å². The van der Waals surface area contributed by atoms with Crippen LogP contribution in [0.2, 0.25) is 0 Å². The summed E-state index contributed by atoms with van der Waals surface area (Å²) in [5.41, 5.74) is 3.50. The van der Waals surface area contributed by atoms with Crippen LogP contribution in [-0.4, -0.2) is 20.4 Å². The van der Waals surface area contributed by atoms with Gasteiger partial charge in [-0.15, -0.1) is 0 Å². The van der Waals surface area contributed by atoms with Crippen molar-refractivity contribution in [2.24, 2.45) is 0 Å². The highest BCUT2D eigenvalue weighted by Crippen LogP contribution is 2.52. The first kappa shape index (κ1) is 47.7. The number of hydrogen-bond acceptors (Lipinski definition) is 4. The van der Waals surface area contributed by atoms with Gasteiger partial charge < -0.3 is 20.4 Å². The normalized spacial score (nSPS) is 12.5. The molecule has 2 aromatic carbocycles. The fourth-order valence-electron chi connectivity index (χ4n) is 8.63. The minimum Gasteiger partial charge on any atom is -0.508 e. The van der Waals surface area contributed by atoms with E-state index in [1.54, 1.807) is 12.1 Å². The van der Waals surface area contributed by atoms with Crippen LogP contribution in [0, 0.1) is 0 Å². The minimum absolute atomic E-state index is 0.0361. The Bertz CT molecular complexity index is 1190. The molecule has 0 aromatic heterocycles. The monoisotopic (exact) mass is 725 g/mol. The van der Waals surface area contributed by atoms with Crippen LogP contribution in [0.4, 0.5) is 0 Å². The number of phenols is 4. The molecule has 0 heterocycles. The van der Waals surface area contributed by atoms with Crippen molar-refractivity contribution in [3.8, 4) is 23.0 Å². The highest BCUT2D eigenvalue weighted by atomic mass is 16.3. The quantitative estimate of drug-likeness (QED) is 0.0860. The molecule has 0 aliphatic carbocycles. The average Bonchev–Trinajstić information content (AvgIpc) is 3.12. The number of phenolic OH excluding ortho intramolecular Hbond substituents is 4. The number of aromatic hydroxyl groups is 4. The van der Waals surface area contributed by atoms with E-state index in [-0.39, 0.29) is 27.4 Å². The largest absolute Gasteiger partial charge is 0.508 e. The van der Waals surface area contributed by atoms with Crippen molar-refractivity contribution in [2.45, 2.75) is 233 Å². The van der Waals surface area contributed by atoms with Crippen LogP contribution in [0.3, 0.4) is 0 Å². The first-order valence-electron chi connectivity index (χ1n) is 21.7. The number of hydrogen-bond donors (Lipinski definition) is 4. The Morgan fingerprint density at radius 3 is 0.981 bits per heavy atom. The molecule has 0 aliphatic rings. The van der Waals surface area contributed by atoms with Gasteiger partial charge in [0, 0.05) is 22.3 Å². The molecule has 4 N–H and O–H groups in total.